The molecule has 0 saturated carbocycles. The summed E-state index contributed by atoms with van der Waals surface area (Å²) >= 11 is 0. The van der Waals surface area contributed by atoms with E-state index >= 15 is 0 Å². The first kappa shape index (κ1) is 15.7. The Labute approximate surface area is 114 Å². The summed E-state index contributed by atoms with van der Waals surface area (Å²) in [5.74, 6) is -0.263. The predicted octanol–water partition coefficient (Wildman–Crippen LogP) is 1.95. The number of primary sulfonamides is 1. The molecule has 1 rings (SSSR count). The molecule has 0 aliphatic heterocycles. The lowest BCUT2D eigenvalue weighted by Crippen LogP contribution is -2.30. The maximum absolute atomic E-state index is 12.0. The lowest BCUT2D eigenvalue weighted by atomic mass is 9.81. The van der Waals surface area contributed by atoms with E-state index in [1.165, 1.54) is 24.3 Å². The molecule has 1 amide bonds. The van der Waals surface area contributed by atoms with Gasteiger partial charge in [0.15, 0.2) is 0 Å². The van der Waals surface area contributed by atoms with E-state index in [4.69, 9.17) is 5.14 Å². The number of carbonyl (C=O) groups excluding carboxylic acids is 1. The van der Waals surface area contributed by atoms with Crippen molar-refractivity contribution in [1.29, 1.82) is 0 Å². The minimum Gasteiger partial charge on any atom is -0.326 e. The fourth-order valence-electron chi connectivity index (χ4n) is 1.37. The van der Waals surface area contributed by atoms with Gasteiger partial charge in [0, 0.05) is 11.6 Å². The molecule has 0 saturated heterocycles. The summed E-state index contributed by atoms with van der Waals surface area (Å²) in [6.07, 6.45) is 0. The maximum atomic E-state index is 12.0. The number of rotatable bonds is 3. The highest BCUT2D eigenvalue weighted by Crippen LogP contribution is 2.26. The number of amides is 1. The molecule has 19 heavy (non-hydrogen) atoms. The number of sulfonamides is 1. The topological polar surface area (TPSA) is 89.3 Å². The van der Waals surface area contributed by atoms with Crippen LogP contribution in [0.4, 0.5) is 5.69 Å². The predicted molar refractivity (Wildman–Crippen MR) is 75.1 cm³/mol. The molecule has 0 fully saturated rings. The van der Waals surface area contributed by atoms with Crippen LogP contribution in [0.5, 0.6) is 0 Å². The third-order valence-corrected chi connectivity index (χ3v) is 4.07. The van der Waals surface area contributed by atoms with E-state index in [1.807, 2.05) is 27.7 Å². The van der Waals surface area contributed by atoms with Gasteiger partial charge in [0.1, 0.15) is 0 Å². The molecule has 106 valence electrons. The van der Waals surface area contributed by atoms with Crippen LogP contribution in [0.3, 0.4) is 0 Å². The maximum Gasteiger partial charge on any atom is 0.238 e. The molecule has 0 radical (unpaired) electrons. The Kier molecular flexibility index (Phi) is 4.37. The molecular weight excluding hydrogens is 264 g/mol. The quantitative estimate of drug-likeness (QED) is 0.889. The van der Waals surface area contributed by atoms with E-state index in [1.54, 1.807) is 0 Å². The number of hydrogen-bond donors (Lipinski definition) is 2. The lowest BCUT2D eigenvalue weighted by molar-refractivity contribution is -0.122. The van der Waals surface area contributed by atoms with E-state index in [0.29, 0.717) is 5.69 Å². The van der Waals surface area contributed by atoms with Crippen LogP contribution in [-0.2, 0) is 14.8 Å². The van der Waals surface area contributed by atoms with Crippen molar-refractivity contribution in [2.75, 3.05) is 5.32 Å². The summed E-state index contributed by atoms with van der Waals surface area (Å²) in [5, 5.41) is 7.75. The van der Waals surface area contributed by atoms with Gasteiger partial charge < -0.3 is 5.32 Å². The number of nitrogens with two attached hydrogens (primary N) is 1. The second-order valence-corrected chi connectivity index (χ2v) is 7.21. The van der Waals surface area contributed by atoms with Gasteiger partial charge in [-0.2, -0.15) is 0 Å². The van der Waals surface area contributed by atoms with Gasteiger partial charge in [0.05, 0.1) is 4.90 Å². The molecule has 6 heteroatoms. The zero-order chi connectivity index (χ0) is 14.8. The average Bonchev–Trinajstić information content (AvgIpc) is 2.26. The molecule has 1 aromatic carbocycles. The minimum atomic E-state index is -3.70. The first-order chi connectivity index (χ1) is 8.51. The summed E-state index contributed by atoms with van der Waals surface area (Å²) in [4.78, 5) is 12.0. The number of anilines is 1. The third-order valence-electron chi connectivity index (χ3n) is 3.14. The van der Waals surface area contributed by atoms with Crippen molar-refractivity contribution < 1.29 is 13.2 Å². The lowest BCUT2D eigenvalue weighted by Gasteiger charge is -2.26. The summed E-state index contributed by atoms with van der Waals surface area (Å²) in [5.41, 5.74) is 0.415. The van der Waals surface area contributed by atoms with Crippen molar-refractivity contribution in [3.8, 4) is 0 Å². The van der Waals surface area contributed by atoms with Crippen molar-refractivity contribution in [3.63, 3.8) is 0 Å². The van der Waals surface area contributed by atoms with Crippen molar-refractivity contribution in [2.24, 2.45) is 16.5 Å². The van der Waals surface area contributed by atoms with E-state index in [0.717, 1.165) is 0 Å². The fraction of sp³-hybridized carbons (Fsp3) is 0.462. The highest BCUT2D eigenvalue weighted by molar-refractivity contribution is 7.89. The zero-order valence-corrected chi connectivity index (χ0v) is 12.4. The van der Waals surface area contributed by atoms with Crippen LogP contribution in [0.25, 0.3) is 0 Å². The molecule has 0 aromatic heterocycles. The summed E-state index contributed by atoms with van der Waals surface area (Å²) in [7, 11) is -3.70. The molecular formula is C13H20N2O3S. The Morgan fingerprint density at radius 2 is 1.68 bits per heavy atom. The smallest absolute Gasteiger partial charge is 0.238 e. The van der Waals surface area contributed by atoms with E-state index in [9.17, 15) is 13.2 Å². The molecule has 0 bridgehead atoms. The average molecular weight is 284 g/mol. The van der Waals surface area contributed by atoms with Gasteiger partial charge in [-0.05, 0) is 29.7 Å². The largest absolute Gasteiger partial charge is 0.326 e. The van der Waals surface area contributed by atoms with Gasteiger partial charge in [-0.15, -0.1) is 0 Å². The van der Waals surface area contributed by atoms with Crippen LogP contribution in [0, 0.1) is 11.3 Å². The van der Waals surface area contributed by atoms with Gasteiger partial charge in [-0.25, -0.2) is 13.6 Å². The molecule has 1 atom stereocenters. The van der Waals surface area contributed by atoms with Crippen LogP contribution in [0.2, 0.25) is 0 Å². The van der Waals surface area contributed by atoms with Gasteiger partial charge in [-0.1, -0.05) is 27.7 Å². The van der Waals surface area contributed by atoms with E-state index < -0.39 is 10.0 Å². The fourth-order valence-corrected chi connectivity index (χ4v) is 1.89. The summed E-state index contributed by atoms with van der Waals surface area (Å²) < 4.78 is 22.2. The molecule has 0 heterocycles. The number of carbonyl (C=O) groups is 1. The second-order valence-electron chi connectivity index (χ2n) is 5.65. The third kappa shape index (κ3) is 4.33. The number of nitrogens with one attached hydrogen (secondary N) is 1. The molecule has 3 N–H and O–H groups in total. The standard InChI is InChI=1S/C13H20N2O3S/c1-9(13(2,3)4)12(16)15-10-5-7-11(8-6-10)19(14,17)18/h5-9H,1-4H3,(H,15,16)(H2,14,17,18). The Morgan fingerprint density at radius 3 is 2.05 bits per heavy atom. The molecule has 1 aromatic rings. The zero-order valence-electron chi connectivity index (χ0n) is 11.6. The highest BCUT2D eigenvalue weighted by Gasteiger charge is 2.26. The molecule has 0 spiro atoms. The van der Waals surface area contributed by atoms with Crippen molar-refractivity contribution in [1.82, 2.24) is 0 Å². The van der Waals surface area contributed by atoms with E-state index in [2.05, 4.69) is 5.32 Å². The van der Waals surface area contributed by atoms with Crippen molar-refractivity contribution >= 4 is 21.6 Å². The molecule has 0 aliphatic carbocycles. The van der Waals surface area contributed by atoms with Crippen LogP contribution < -0.4 is 10.5 Å². The Bertz CT molecular complexity index is 557. The van der Waals surface area contributed by atoms with Crippen molar-refractivity contribution in [2.45, 2.75) is 32.6 Å². The normalized spacial score (nSPS) is 13.9. The Hall–Kier alpha value is -1.40. The van der Waals surface area contributed by atoms with Crippen LogP contribution in [0.1, 0.15) is 27.7 Å². The number of hydrogen-bond acceptors (Lipinski definition) is 3. The summed E-state index contributed by atoms with van der Waals surface area (Å²) in [6, 6.07) is 5.78. The highest BCUT2D eigenvalue weighted by atomic mass is 32.2. The first-order valence-electron chi connectivity index (χ1n) is 5.95. The summed E-state index contributed by atoms with van der Waals surface area (Å²) in [6.45, 7) is 7.82. The SMILES string of the molecule is CC(C(=O)Nc1ccc(S(N)(=O)=O)cc1)C(C)(C)C. The van der Waals surface area contributed by atoms with Crippen LogP contribution in [0.15, 0.2) is 29.2 Å². The van der Waals surface area contributed by atoms with Crippen LogP contribution >= 0.6 is 0 Å². The molecule has 1 unspecified atom stereocenters. The Morgan fingerprint density at radius 1 is 1.21 bits per heavy atom. The van der Waals surface area contributed by atoms with E-state index in [-0.39, 0.29) is 22.1 Å². The van der Waals surface area contributed by atoms with Crippen LogP contribution in [-0.4, -0.2) is 14.3 Å². The van der Waals surface area contributed by atoms with Gasteiger partial charge in [0.25, 0.3) is 0 Å². The van der Waals surface area contributed by atoms with Gasteiger partial charge in [-0.3, -0.25) is 4.79 Å². The van der Waals surface area contributed by atoms with Crippen molar-refractivity contribution in [3.05, 3.63) is 24.3 Å². The van der Waals surface area contributed by atoms with Gasteiger partial charge >= 0.3 is 0 Å². The number of benzene rings is 1. The monoisotopic (exact) mass is 284 g/mol. The second kappa shape index (κ2) is 5.30. The van der Waals surface area contributed by atoms with Gasteiger partial charge in [0.2, 0.25) is 15.9 Å². The Balaban J connectivity index is 2.82. The first-order valence-corrected chi connectivity index (χ1v) is 7.50. The molecule has 0 aliphatic rings. The minimum absolute atomic E-state index is 0.0226. The molecule has 5 nitrogen and oxygen atoms in total.